The zero-order chi connectivity index (χ0) is 23.7. The van der Waals surface area contributed by atoms with Crippen LogP contribution in [0, 0.1) is 11.8 Å². The van der Waals surface area contributed by atoms with Crippen LogP contribution in [0.2, 0.25) is 0 Å². The summed E-state index contributed by atoms with van der Waals surface area (Å²) >= 11 is 0. The molecular weight excluding hydrogens is 428 g/mol. The highest BCUT2D eigenvalue weighted by molar-refractivity contribution is 6.24. The Labute approximate surface area is 189 Å². The largest absolute Gasteiger partial charge is 0.508 e. The third kappa shape index (κ3) is 2.88. The second-order valence-corrected chi connectivity index (χ2v) is 9.41. The van der Waals surface area contributed by atoms with Gasteiger partial charge in [-0.25, -0.2) is 0 Å². The van der Waals surface area contributed by atoms with E-state index in [9.17, 15) is 34.8 Å². The van der Waals surface area contributed by atoms with Gasteiger partial charge >= 0.3 is 0 Å². The van der Waals surface area contributed by atoms with Crippen molar-refractivity contribution < 1.29 is 34.8 Å². The van der Waals surface area contributed by atoms with Crippen molar-refractivity contribution in [1.29, 1.82) is 0 Å². The summed E-state index contributed by atoms with van der Waals surface area (Å²) in [4.78, 5) is 41.1. The predicted octanol–water partition coefficient (Wildman–Crippen LogP) is 0.888. The van der Waals surface area contributed by atoms with Crippen LogP contribution in [0.25, 0.3) is 5.76 Å². The van der Waals surface area contributed by atoms with Crippen molar-refractivity contribution in [2.75, 3.05) is 13.1 Å². The van der Waals surface area contributed by atoms with E-state index in [4.69, 9.17) is 5.73 Å². The number of amides is 1. The maximum atomic E-state index is 13.7. The maximum Gasteiger partial charge on any atom is 0.255 e. The topological polar surface area (TPSA) is 161 Å². The molecule has 6 N–H and O–H groups in total. The Hall–Kier alpha value is -3.17. The van der Waals surface area contributed by atoms with Crippen LogP contribution >= 0.6 is 0 Å². The number of hydrogen-bond acceptors (Lipinski definition) is 8. The highest BCUT2D eigenvalue weighted by Crippen LogP contribution is 2.52. The normalized spacial score (nSPS) is 32.3. The summed E-state index contributed by atoms with van der Waals surface area (Å²) in [6.45, 7) is 1.11. The van der Waals surface area contributed by atoms with Gasteiger partial charge in [0, 0.05) is 11.5 Å². The van der Waals surface area contributed by atoms with E-state index >= 15 is 0 Å². The summed E-state index contributed by atoms with van der Waals surface area (Å²) in [6.07, 6.45) is 3.08. The summed E-state index contributed by atoms with van der Waals surface area (Å²) in [7, 11) is 0. The number of nitrogens with two attached hydrogens (primary N) is 1. The quantitative estimate of drug-likeness (QED) is 0.412. The molecular formula is C24H26N2O7. The number of carbonyl (C=O) groups excluding carboxylic acids is 3. The lowest BCUT2D eigenvalue weighted by atomic mass is 9.57. The molecule has 1 aliphatic heterocycles. The van der Waals surface area contributed by atoms with Gasteiger partial charge in [-0.1, -0.05) is 18.6 Å². The lowest BCUT2D eigenvalue weighted by molar-refractivity contribution is -0.155. The van der Waals surface area contributed by atoms with E-state index in [1.807, 2.05) is 4.90 Å². The summed E-state index contributed by atoms with van der Waals surface area (Å²) in [5, 5.41) is 43.8. The number of Topliss-reactive ketones (excluding diaryl/α,β-unsaturated/α-hetero) is 2. The lowest BCUT2D eigenvalue weighted by Crippen LogP contribution is -2.67. The van der Waals surface area contributed by atoms with Crippen LogP contribution in [0.1, 0.15) is 36.8 Å². The molecule has 0 spiro atoms. The van der Waals surface area contributed by atoms with Crippen LogP contribution in [-0.4, -0.2) is 67.5 Å². The number of aliphatic hydroxyl groups excluding tert-OH is 2. The summed E-state index contributed by atoms with van der Waals surface area (Å²) in [6, 6.07) is 3.77. The van der Waals surface area contributed by atoms with E-state index in [0.29, 0.717) is 25.1 Å². The van der Waals surface area contributed by atoms with Crippen LogP contribution in [-0.2, 0) is 20.8 Å². The summed E-state index contributed by atoms with van der Waals surface area (Å²) in [5.74, 6) is -6.14. The number of likely N-dealkylation sites (tertiary alicyclic amines) is 1. The van der Waals surface area contributed by atoms with Crippen molar-refractivity contribution in [3.8, 4) is 5.75 Å². The molecule has 1 saturated carbocycles. The number of rotatable bonds is 2. The zero-order valence-electron chi connectivity index (χ0n) is 18.0. The van der Waals surface area contributed by atoms with Crippen molar-refractivity contribution in [3.05, 3.63) is 46.2 Å². The number of aromatic hydroxyl groups is 1. The van der Waals surface area contributed by atoms with Gasteiger partial charge in [0.2, 0.25) is 5.78 Å². The molecule has 0 bridgehead atoms. The molecule has 0 aromatic heterocycles. The first kappa shape index (κ1) is 21.7. The number of carbonyl (C=O) groups is 3. The van der Waals surface area contributed by atoms with Gasteiger partial charge in [0.25, 0.3) is 5.91 Å². The average molecular weight is 454 g/mol. The second kappa shape index (κ2) is 7.43. The number of benzene rings is 1. The van der Waals surface area contributed by atoms with Gasteiger partial charge in [-0.05, 0) is 56.3 Å². The molecule has 1 heterocycles. The Kier molecular flexibility index (Phi) is 4.88. The molecule has 0 radical (unpaired) electrons. The minimum atomic E-state index is -2.58. The monoisotopic (exact) mass is 454 g/mol. The SMILES string of the molecule is NC(=O)C1=C(O)[C@@]2(O)C(=O)C3=C(O)c4c(O)cccc4C[C@H]3C[C@H]2[C@@H](N2CCCCC2)C1=O. The summed E-state index contributed by atoms with van der Waals surface area (Å²) in [5.41, 5.74) is 2.68. The van der Waals surface area contributed by atoms with Gasteiger partial charge in [0.15, 0.2) is 11.4 Å². The third-order valence-electron chi connectivity index (χ3n) is 7.69. The number of nitrogens with zero attached hydrogens (tertiary/aromatic N) is 1. The van der Waals surface area contributed by atoms with Gasteiger partial charge < -0.3 is 26.2 Å². The third-order valence-corrected chi connectivity index (χ3v) is 7.69. The highest BCUT2D eigenvalue weighted by Gasteiger charge is 2.64. The fraction of sp³-hybridized carbons (Fsp3) is 0.458. The number of phenols is 1. The molecule has 174 valence electrons. The molecule has 4 atom stereocenters. The lowest BCUT2D eigenvalue weighted by Gasteiger charge is -2.51. The molecule has 5 rings (SSSR count). The van der Waals surface area contributed by atoms with Gasteiger partial charge in [-0.2, -0.15) is 0 Å². The van der Waals surface area contributed by atoms with Crippen molar-refractivity contribution >= 4 is 23.2 Å². The molecule has 1 aromatic rings. The number of piperidine rings is 1. The van der Waals surface area contributed by atoms with Gasteiger partial charge in [-0.15, -0.1) is 0 Å². The Morgan fingerprint density at radius 3 is 2.45 bits per heavy atom. The first-order valence-electron chi connectivity index (χ1n) is 11.2. The van der Waals surface area contributed by atoms with Crippen LogP contribution in [0.5, 0.6) is 5.75 Å². The Balaban J connectivity index is 1.71. The fourth-order valence-electron chi connectivity index (χ4n) is 6.20. The molecule has 9 nitrogen and oxygen atoms in total. The minimum Gasteiger partial charge on any atom is -0.508 e. The Bertz CT molecular complexity index is 1150. The number of ketones is 2. The Morgan fingerprint density at radius 2 is 1.79 bits per heavy atom. The first-order chi connectivity index (χ1) is 15.7. The second-order valence-electron chi connectivity index (χ2n) is 9.41. The van der Waals surface area contributed by atoms with Crippen molar-refractivity contribution in [3.63, 3.8) is 0 Å². The molecule has 9 heteroatoms. The van der Waals surface area contributed by atoms with E-state index in [-0.39, 0.29) is 23.3 Å². The zero-order valence-corrected chi connectivity index (χ0v) is 18.0. The van der Waals surface area contributed by atoms with Crippen LogP contribution in [0.4, 0.5) is 0 Å². The molecule has 1 saturated heterocycles. The van der Waals surface area contributed by atoms with Crippen LogP contribution < -0.4 is 5.73 Å². The van der Waals surface area contributed by atoms with Crippen LogP contribution in [0.15, 0.2) is 35.1 Å². The van der Waals surface area contributed by atoms with E-state index in [1.165, 1.54) is 6.07 Å². The van der Waals surface area contributed by atoms with E-state index in [1.54, 1.807) is 12.1 Å². The maximum absolute atomic E-state index is 13.7. The number of aliphatic hydroxyl groups is 3. The summed E-state index contributed by atoms with van der Waals surface area (Å²) < 4.78 is 0. The van der Waals surface area contributed by atoms with E-state index in [2.05, 4.69) is 0 Å². The van der Waals surface area contributed by atoms with Gasteiger partial charge in [0.1, 0.15) is 22.8 Å². The molecule has 0 unspecified atom stereocenters. The molecule has 2 fully saturated rings. The molecule has 1 aromatic carbocycles. The van der Waals surface area contributed by atoms with Crippen molar-refractivity contribution in [2.45, 2.75) is 43.7 Å². The number of phenolic OH excluding ortho intramolecular Hbond substituents is 1. The number of fused-ring (bicyclic) bond motifs is 3. The molecule has 33 heavy (non-hydrogen) atoms. The predicted molar refractivity (Wildman–Crippen MR) is 116 cm³/mol. The molecule has 4 aliphatic rings. The van der Waals surface area contributed by atoms with E-state index < -0.39 is 58.0 Å². The number of hydrogen-bond donors (Lipinski definition) is 5. The molecule has 1 amide bonds. The smallest absolute Gasteiger partial charge is 0.255 e. The van der Waals surface area contributed by atoms with Crippen LogP contribution in [0.3, 0.4) is 0 Å². The van der Waals surface area contributed by atoms with Crippen molar-refractivity contribution in [1.82, 2.24) is 4.90 Å². The fourth-order valence-corrected chi connectivity index (χ4v) is 6.20. The Morgan fingerprint density at radius 1 is 1.09 bits per heavy atom. The average Bonchev–Trinajstić information content (AvgIpc) is 2.77. The van der Waals surface area contributed by atoms with Gasteiger partial charge in [0.05, 0.1) is 11.6 Å². The minimum absolute atomic E-state index is 0.109. The molecule has 3 aliphatic carbocycles. The van der Waals surface area contributed by atoms with E-state index in [0.717, 1.165) is 19.3 Å². The standard InChI is InChI=1S/C24H26N2O7/c25-23(32)17-20(29)18(26-7-2-1-3-8-26)13-10-12-9-11-5-4-6-14(27)15(11)19(28)16(12)21(30)24(13,33)22(17)31/h4-6,12-13,18,27-28,31,33H,1-3,7-10H2,(H2,25,32)/t12-,13-,18+,24-/m0/s1. The highest BCUT2D eigenvalue weighted by atomic mass is 16.3. The number of primary amides is 1. The van der Waals surface area contributed by atoms with Gasteiger partial charge in [-0.3, -0.25) is 19.3 Å². The van der Waals surface area contributed by atoms with Crippen molar-refractivity contribution in [2.24, 2.45) is 17.6 Å². The first-order valence-corrected chi connectivity index (χ1v) is 11.2.